The molecule has 0 saturated carbocycles. The molecule has 0 aliphatic heterocycles. The molecule has 0 amide bonds. The Kier molecular flexibility index (Phi) is 1.87. The van der Waals surface area contributed by atoms with Crippen molar-refractivity contribution in [3.63, 3.8) is 0 Å². The van der Waals surface area contributed by atoms with Crippen molar-refractivity contribution in [1.82, 2.24) is 0 Å². The molecular formula is C13H10ClN. The minimum Gasteiger partial charge on any atom is -0.198 e. The molecule has 0 saturated heterocycles. The van der Waals surface area contributed by atoms with E-state index in [0.29, 0.717) is 0 Å². The number of rotatable bonds is 0. The van der Waals surface area contributed by atoms with Gasteiger partial charge in [-0.05, 0) is 11.1 Å². The second-order valence-corrected chi connectivity index (χ2v) is 4.64. The van der Waals surface area contributed by atoms with Gasteiger partial charge >= 0.3 is 0 Å². The third-order valence-corrected chi connectivity index (χ3v) is 4.01. The molecule has 0 spiro atoms. The Morgan fingerprint density at radius 2 is 1.87 bits per heavy atom. The summed E-state index contributed by atoms with van der Waals surface area (Å²) in [6.07, 6.45) is 4.25. The van der Waals surface area contributed by atoms with Crippen molar-refractivity contribution in [2.75, 3.05) is 0 Å². The van der Waals surface area contributed by atoms with E-state index in [0.717, 1.165) is 0 Å². The van der Waals surface area contributed by atoms with Crippen LogP contribution in [-0.4, -0.2) is 0 Å². The van der Waals surface area contributed by atoms with Crippen molar-refractivity contribution in [2.24, 2.45) is 11.8 Å². The number of halogens is 1. The number of alkyl halides is 1. The number of benzene rings is 1. The standard InChI is InChI=1S/C13H10ClN/c14-13-10-4-2-1-3-8(10)9-5-6-11(13)12(9)7-15/h1-6,9,11-13H/t9-,11-,12-,13+/m0/s1. The number of nitrogens with zero attached hydrogens (tertiary/aromatic N) is 1. The third kappa shape index (κ3) is 1.09. The maximum atomic E-state index is 9.17. The minimum atomic E-state index is -0.0409. The zero-order valence-electron chi connectivity index (χ0n) is 8.10. The zero-order valence-corrected chi connectivity index (χ0v) is 8.85. The van der Waals surface area contributed by atoms with Gasteiger partial charge in [0.15, 0.2) is 0 Å². The molecule has 15 heavy (non-hydrogen) atoms. The van der Waals surface area contributed by atoms with E-state index in [9.17, 15) is 0 Å². The number of fused-ring (bicyclic) bond motifs is 4. The van der Waals surface area contributed by atoms with E-state index >= 15 is 0 Å². The molecular weight excluding hydrogens is 206 g/mol. The monoisotopic (exact) mass is 215 g/mol. The molecule has 0 fully saturated rings. The predicted octanol–water partition coefficient (Wildman–Crippen LogP) is 3.39. The van der Waals surface area contributed by atoms with Crippen molar-refractivity contribution in [2.45, 2.75) is 11.3 Å². The van der Waals surface area contributed by atoms with Gasteiger partial charge in [-0.15, -0.1) is 11.6 Å². The molecule has 1 aromatic carbocycles. The van der Waals surface area contributed by atoms with Crippen molar-refractivity contribution in [3.8, 4) is 6.07 Å². The van der Waals surface area contributed by atoms with Gasteiger partial charge in [-0.2, -0.15) is 5.26 Å². The van der Waals surface area contributed by atoms with Gasteiger partial charge < -0.3 is 0 Å². The van der Waals surface area contributed by atoms with Crippen LogP contribution in [0.3, 0.4) is 0 Å². The molecule has 0 N–H and O–H groups in total. The average Bonchev–Trinajstić information content (AvgIpc) is 2.65. The van der Waals surface area contributed by atoms with Crippen LogP contribution in [0.15, 0.2) is 36.4 Å². The zero-order chi connectivity index (χ0) is 10.4. The van der Waals surface area contributed by atoms with Crippen LogP contribution < -0.4 is 0 Å². The Hall–Kier alpha value is -1.26. The molecule has 1 nitrogen and oxygen atoms in total. The first-order chi connectivity index (χ1) is 7.33. The van der Waals surface area contributed by atoms with Crippen molar-refractivity contribution in [1.29, 1.82) is 5.26 Å². The Balaban J connectivity index is 2.20. The summed E-state index contributed by atoms with van der Waals surface area (Å²) < 4.78 is 0. The smallest absolute Gasteiger partial charge is 0.0672 e. The SMILES string of the molecule is N#C[C@@H]1[C@@H]2C=C[C@H]1c1ccccc1[C@H]2Cl. The van der Waals surface area contributed by atoms with E-state index < -0.39 is 0 Å². The summed E-state index contributed by atoms with van der Waals surface area (Å²) in [6.45, 7) is 0. The van der Waals surface area contributed by atoms with Gasteiger partial charge in [-0.1, -0.05) is 36.4 Å². The fraction of sp³-hybridized carbons (Fsp3) is 0.308. The Morgan fingerprint density at radius 3 is 2.60 bits per heavy atom. The van der Waals surface area contributed by atoms with E-state index in [-0.39, 0.29) is 23.1 Å². The van der Waals surface area contributed by atoms with Crippen LogP contribution in [0.1, 0.15) is 22.4 Å². The molecule has 0 unspecified atom stereocenters. The molecule has 4 atom stereocenters. The second-order valence-electron chi connectivity index (χ2n) is 4.17. The van der Waals surface area contributed by atoms with Gasteiger partial charge in [0.1, 0.15) is 0 Å². The summed E-state index contributed by atoms with van der Waals surface area (Å²) in [6, 6.07) is 10.6. The van der Waals surface area contributed by atoms with Gasteiger partial charge in [0.05, 0.1) is 17.4 Å². The summed E-state index contributed by atoms with van der Waals surface area (Å²) in [7, 11) is 0. The van der Waals surface area contributed by atoms with Crippen molar-refractivity contribution >= 4 is 11.6 Å². The van der Waals surface area contributed by atoms with Crippen molar-refractivity contribution in [3.05, 3.63) is 47.5 Å². The van der Waals surface area contributed by atoms with Crippen LogP contribution in [0.4, 0.5) is 0 Å². The van der Waals surface area contributed by atoms with Gasteiger partial charge in [0.2, 0.25) is 0 Å². The molecule has 74 valence electrons. The fourth-order valence-corrected chi connectivity index (χ4v) is 3.18. The highest BCUT2D eigenvalue weighted by atomic mass is 35.5. The number of hydrogen-bond acceptors (Lipinski definition) is 1. The molecule has 0 radical (unpaired) electrons. The number of nitriles is 1. The topological polar surface area (TPSA) is 23.8 Å². The Bertz CT molecular complexity index is 472. The maximum absolute atomic E-state index is 9.17. The summed E-state index contributed by atoms with van der Waals surface area (Å²) in [5.41, 5.74) is 2.43. The lowest BCUT2D eigenvalue weighted by molar-refractivity contribution is 0.438. The molecule has 0 heterocycles. The molecule has 1 aromatic rings. The van der Waals surface area contributed by atoms with E-state index in [1.165, 1.54) is 11.1 Å². The molecule has 3 rings (SSSR count). The Labute approximate surface area is 94.0 Å². The molecule has 2 aliphatic rings. The highest BCUT2D eigenvalue weighted by Crippen LogP contribution is 2.52. The normalized spacial score (nSPS) is 36.0. The third-order valence-electron chi connectivity index (χ3n) is 3.48. The lowest BCUT2D eigenvalue weighted by atomic mass is 9.74. The van der Waals surface area contributed by atoms with Gasteiger partial charge in [-0.3, -0.25) is 0 Å². The van der Waals surface area contributed by atoms with Crippen LogP contribution in [0.25, 0.3) is 0 Å². The fourth-order valence-electron chi connectivity index (χ4n) is 2.74. The van der Waals surface area contributed by atoms with Crippen LogP contribution in [0, 0.1) is 23.2 Å². The first kappa shape index (κ1) is 9.00. The molecule has 0 aromatic heterocycles. The van der Waals surface area contributed by atoms with Crippen molar-refractivity contribution < 1.29 is 0 Å². The lowest BCUT2D eigenvalue weighted by Crippen LogP contribution is -2.23. The van der Waals surface area contributed by atoms with E-state index in [1.54, 1.807) is 0 Å². The molecule has 2 heteroatoms. The van der Waals surface area contributed by atoms with Crippen LogP contribution in [0.2, 0.25) is 0 Å². The Morgan fingerprint density at radius 1 is 1.13 bits per heavy atom. The summed E-state index contributed by atoms with van der Waals surface area (Å²) in [4.78, 5) is 0. The predicted molar refractivity (Wildman–Crippen MR) is 59.5 cm³/mol. The maximum Gasteiger partial charge on any atom is 0.0672 e. The summed E-state index contributed by atoms with van der Waals surface area (Å²) >= 11 is 6.41. The first-order valence-electron chi connectivity index (χ1n) is 5.14. The van der Waals surface area contributed by atoms with Gasteiger partial charge in [0, 0.05) is 11.8 Å². The number of allylic oxidation sites excluding steroid dienone is 2. The van der Waals surface area contributed by atoms with E-state index in [4.69, 9.17) is 16.9 Å². The summed E-state index contributed by atoms with van der Waals surface area (Å²) in [5.74, 6) is 0.477. The highest BCUT2D eigenvalue weighted by Gasteiger charge is 2.43. The number of hydrogen-bond donors (Lipinski definition) is 0. The highest BCUT2D eigenvalue weighted by molar-refractivity contribution is 6.21. The van der Waals surface area contributed by atoms with Crippen LogP contribution >= 0.6 is 11.6 Å². The van der Waals surface area contributed by atoms with E-state index in [2.05, 4.69) is 30.4 Å². The average molecular weight is 216 g/mol. The van der Waals surface area contributed by atoms with Crippen LogP contribution in [-0.2, 0) is 0 Å². The molecule has 2 aliphatic carbocycles. The minimum absolute atomic E-state index is 0.0300. The van der Waals surface area contributed by atoms with Gasteiger partial charge in [-0.25, -0.2) is 0 Å². The quantitative estimate of drug-likeness (QED) is 0.481. The van der Waals surface area contributed by atoms with Crippen LogP contribution in [0.5, 0.6) is 0 Å². The summed E-state index contributed by atoms with van der Waals surface area (Å²) in [5, 5.41) is 9.13. The molecule has 2 bridgehead atoms. The first-order valence-corrected chi connectivity index (χ1v) is 5.57. The van der Waals surface area contributed by atoms with E-state index in [1.807, 2.05) is 12.1 Å². The van der Waals surface area contributed by atoms with Gasteiger partial charge in [0.25, 0.3) is 0 Å². The largest absolute Gasteiger partial charge is 0.198 e. The second kappa shape index (κ2) is 3.12. The lowest BCUT2D eigenvalue weighted by Gasteiger charge is -2.31.